The number of aromatic hydroxyl groups is 2. The molecule has 14 heavy (non-hydrogen) atoms. The molecule has 0 bridgehead atoms. The smallest absolute Gasteiger partial charge is 0.336 e. The average molecular weight is 197 g/mol. The Labute approximate surface area is 80.5 Å². The van der Waals surface area contributed by atoms with Gasteiger partial charge in [-0.15, -0.1) is 4.73 Å². The molecule has 1 aromatic rings. The lowest BCUT2D eigenvalue weighted by Crippen LogP contribution is -2.20. The van der Waals surface area contributed by atoms with E-state index in [-0.39, 0.29) is 17.7 Å². The third-order valence-electron chi connectivity index (χ3n) is 2.39. The maximum atomic E-state index is 11.3. The van der Waals surface area contributed by atoms with Crippen LogP contribution in [-0.4, -0.2) is 20.9 Å². The highest BCUT2D eigenvalue weighted by atomic mass is 16.7. The Morgan fingerprint density at radius 3 is 2.43 bits per heavy atom. The van der Waals surface area contributed by atoms with Crippen molar-refractivity contribution in [2.45, 2.75) is 13.3 Å². The first-order valence-corrected chi connectivity index (χ1v) is 4.41. The normalized spacial score (nSPS) is 24.6. The fraction of sp³-hybridized carbons (Fsp3) is 0.444. The van der Waals surface area contributed by atoms with E-state index < -0.39 is 5.97 Å². The van der Waals surface area contributed by atoms with Gasteiger partial charge in [0.1, 0.15) is 0 Å². The lowest BCUT2D eigenvalue weighted by Gasteiger charge is -2.05. The van der Waals surface area contributed by atoms with Crippen LogP contribution in [0.5, 0.6) is 11.8 Å². The molecule has 1 aliphatic carbocycles. The number of carbonyl (C=O) groups is 1. The van der Waals surface area contributed by atoms with E-state index in [1.165, 1.54) is 12.1 Å². The van der Waals surface area contributed by atoms with Gasteiger partial charge in [0, 0.05) is 12.1 Å². The van der Waals surface area contributed by atoms with E-state index in [4.69, 9.17) is 4.84 Å². The van der Waals surface area contributed by atoms with Crippen molar-refractivity contribution in [1.82, 2.24) is 4.73 Å². The van der Waals surface area contributed by atoms with Crippen LogP contribution in [0.1, 0.15) is 13.3 Å². The van der Waals surface area contributed by atoms with Crippen LogP contribution in [0.4, 0.5) is 0 Å². The number of carbonyl (C=O) groups excluding carboxylic acids is 1. The van der Waals surface area contributed by atoms with Gasteiger partial charge in [-0.25, -0.2) is 4.79 Å². The Kier molecular flexibility index (Phi) is 1.87. The van der Waals surface area contributed by atoms with Crippen molar-refractivity contribution in [2.75, 3.05) is 0 Å². The summed E-state index contributed by atoms with van der Waals surface area (Å²) in [4.78, 5) is 16.1. The third-order valence-corrected chi connectivity index (χ3v) is 2.39. The summed E-state index contributed by atoms with van der Waals surface area (Å²) in [7, 11) is 0. The van der Waals surface area contributed by atoms with Crippen molar-refractivity contribution in [3.05, 3.63) is 12.1 Å². The first kappa shape index (κ1) is 8.93. The molecule has 1 aliphatic rings. The van der Waals surface area contributed by atoms with E-state index in [9.17, 15) is 15.0 Å². The van der Waals surface area contributed by atoms with Crippen molar-refractivity contribution in [1.29, 1.82) is 0 Å². The van der Waals surface area contributed by atoms with Crippen molar-refractivity contribution in [3.63, 3.8) is 0 Å². The van der Waals surface area contributed by atoms with Crippen LogP contribution >= 0.6 is 0 Å². The van der Waals surface area contributed by atoms with Crippen molar-refractivity contribution in [2.24, 2.45) is 11.8 Å². The second-order valence-electron chi connectivity index (χ2n) is 3.57. The molecule has 0 saturated heterocycles. The van der Waals surface area contributed by atoms with E-state index in [0.29, 0.717) is 10.6 Å². The first-order chi connectivity index (χ1) is 6.59. The lowest BCUT2D eigenvalue weighted by atomic mass is 10.3. The van der Waals surface area contributed by atoms with Crippen LogP contribution in [0, 0.1) is 11.8 Å². The molecule has 2 atom stereocenters. The van der Waals surface area contributed by atoms with E-state index in [0.717, 1.165) is 6.42 Å². The fourth-order valence-corrected chi connectivity index (χ4v) is 1.30. The largest absolute Gasteiger partial charge is 0.492 e. The molecule has 2 N–H and O–H groups in total. The van der Waals surface area contributed by atoms with Crippen molar-refractivity contribution >= 4 is 5.97 Å². The zero-order valence-electron chi connectivity index (χ0n) is 7.67. The topological polar surface area (TPSA) is 71.7 Å². The Bertz CT molecular complexity index is 351. The Morgan fingerprint density at radius 2 is 2.00 bits per heavy atom. The zero-order valence-corrected chi connectivity index (χ0v) is 7.67. The summed E-state index contributed by atoms with van der Waals surface area (Å²) in [6, 6.07) is 2.50. The summed E-state index contributed by atoms with van der Waals surface area (Å²) in [6.45, 7) is 1.95. The highest BCUT2D eigenvalue weighted by Gasteiger charge is 2.41. The molecular formula is C9H11NO4. The van der Waals surface area contributed by atoms with Crippen molar-refractivity contribution in [3.8, 4) is 11.8 Å². The van der Waals surface area contributed by atoms with Gasteiger partial charge in [-0.3, -0.25) is 0 Å². The Balaban J connectivity index is 2.07. The monoisotopic (exact) mass is 197 g/mol. The Morgan fingerprint density at radius 1 is 1.50 bits per heavy atom. The minimum atomic E-state index is -0.417. The highest BCUT2D eigenvalue weighted by molar-refractivity contribution is 5.76. The average Bonchev–Trinajstić information content (AvgIpc) is 2.79. The predicted octanol–water partition coefficient (Wildman–Crippen LogP) is 0.510. The maximum absolute atomic E-state index is 11.3. The molecule has 1 heterocycles. The van der Waals surface area contributed by atoms with Gasteiger partial charge in [-0.05, 0) is 12.3 Å². The fourth-order valence-electron chi connectivity index (χ4n) is 1.30. The van der Waals surface area contributed by atoms with Gasteiger partial charge in [0.2, 0.25) is 11.8 Å². The van der Waals surface area contributed by atoms with Crippen molar-refractivity contribution < 1.29 is 19.8 Å². The summed E-state index contributed by atoms with van der Waals surface area (Å²) in [6.07, 6.45) is 0.807. The second-order valence-corrected chi connectivity index (χ2v) is 3.57. The highest BCUT2D eigenvalue weighted by Crippen LogP contribution is 2.38. The van der Waals surface area contributed by atoms with Crippen LogP contribution < -0.4 is 4.84 Å². The molecule has 5 nitrogen and oxygen atoms in total. The van der Waals surface area contributed by atoms with Gasteiger partial charge in [0.05, 0.1) is 5.92 Å². The molecule has 1 fully saturated rings. The molecule has 0 amide bonds. The minimum absolute atomic E-state index is 0.101. The molecular weight excluding hydrogens is 186 g/mol. The van der Waals surface area contributed by atoms with Gasteiger partial charge >= 0.3 is 5.97 Å². The number of hydrogen-bond acceptors (Lipinski definition) is 4. The second kappa shape index (κ2) is 2.94. The molecule has 1 saturated carbocycles. The molecule has 2 unspecified atom stereocenters. The summed E-state index contributed by atoms with van der Waals surface area (Å²) in [5.41, 5.74) is 0. The van der Waals surface area contributed by atoms with Crippen LogP contribution in [-0.2, 0) is 4.79 Å². The SMILES string of the molecule is CC1CC1C(=O)On1c(O)ccc1O. The predicted molar refractivity (Wildman–Crippen MR) is 46.6 cm³/mol. The summed E-state index contributed by atoms with van der Waals surface area (Å²) in [5, 5.41) is 18.3. The van der Waals surface area contributed by atoms with E-state index in [2.05, 4.69) is 0 Å². The zero-order chi connectivity index (χ0) is 10.3. The molecule has 0 aliphatic heterocycles. The van der Waals surface area contributed by atoms with Crippen LogP contribution in [0.3, 0.4) is 0 Å². The van der Waals surface area contributed by atoms with E-state index in [1.54, 1.807) is 0 Å². The molecule has 76 valence electrons. The molecule has 0 spiro atoms. The molecule has 2 rings (SSSR count). The standard InChI is InChI=1S/C9H11NO4/c1-5-4-6(5)9(13)14-10-7(11)2-3-8(10)12/h2-3,5-6,11-12H,4H2,1H3. The summed E-state index contributed by atoms with van der Waals surface area (Å²) in [5.74, 6) is -0.758. The van der Waals surface area contributed by atoms with Crippen LogP contribution in [0.25, 0.3) is 0 Å². The summed E-state index contributed by atoms with van der Waals surface area (Å²) >= 11 is 0. The van der Waals surface area contributed by atoms with E-state index in [1.807, 2.05) is 6.92 Å². The van der Waals surface area contributed by atoms with Gasteiger partial charge in [0.15, 0.2) is 0 Å². The number of aromatic nitrogens is 1. The quantitative estimate of drug-likeness (QED) is 0.724. The van der Waals surface area contributed by atoms with Crippen LogP contribution in [0.2, 0.25) is 0 Å². The number of nitrogens with zero attached hydrogens (tertiary/aromatic N) is 1. The Hall–Kier alpha value is -1.65. The van der Waals surface area contributed by atoms with Crippen LogP contribution in [0.15, 0.2) is 12.1 Å². The van der Waals surface area contributed by atoms with Gasteiger partial charge in [-0.1, -0.05) is 6.92 Å². The molecule has 5 heteroatoms. The third kappa shape index (κ3) is 1.41. The van der Waals surface area contributed by atoms with Gasteiger partial charge < -0.3 is 15.1 Å². The van der Waals surface area contributed by atoms with Gasteiger partial charge in [-0.2, -0.15) is 0 Å². The minimum Gasteiger partial charge on any atom is -0.492 e. The van der Waals surface area contributed by atoms with E-state index >= 15 is 0 Å². The number of hydrogen-bond donors (Lipinski definition) is 2. The van der Waals surface area contributed by atoms with Gasteiger partial charge in [0.25, 0.3) is 0 Å². The molecule has 1 aromatic heterocycles. The number of rotatable bonds is 2. The maximum Gasteiger partial charge on any atom is 0.336 e. The lowest BCUT2D eigenvalue weighted by molar-refractivity contribution is -0.147. The summed E-state index contributed by atoms with van der Waals surface area (Å²) < 4.78 is 0.716. The molecule has 0 aromatic carbocycles. The molecule has 0 radical (unpaired) electrons. The first-order valence-electron chi connectivity index (χ1n) is 4.41.